The molecule has 0 atom stereocenters. The minimum absolute atomic E-state index is 0.591. The van der Waals surface area contributed by atoms with Crippen LogP contribution >= 0.6 is 0 Å². The van der Waals surface area contributed by atoms with E-state index in [1.54, 1.807) is 13.3 Å². The molecule has 0 aliphatic heterocycles. The maximum absolute atomic E-state index is 5.02. The molecule has 17 heavy (non-hydrogen) atoms. The molecule has 2 aromatic heterocycles. The molecule has 0 aliphatic carbocycles. The van der Waals surface area contributed by atoms with Crippen molar-refractivity contribution < 1.29 is 4.74 Å². The fourth-order valence-electron chi connectivity index (χ4n) is 1.50. The van der Waals surface area contributed by atoms with E-state index >= 15 is 0 Å². The summed E-state index contributed by atoms with van der Waals surface area (Å²) in [5.74, 6) is 2.11. The summed E-state index contributed by atoms with van der Waals surface area (Å²) in [5, 5.41) is 3.00. The van der Waals surface area contributed by atoms with Gasteiger partial charge in [0.1, 0.15) is 11.6 Å². The van der Waals surface area contributed by atoms with Crippen LogP contribution in [-0.4, -0.2) is 29.1 Å². The van der Waals surface area contributed by atoms with Crippen LogP contribution in [0.4, 0.5) is 5.82 Å². The summed E-state index contributed by atoms with van der Waals surface area (Å²) >= 11 is 0. The zero-order chi connectivity index (χ0) is 12.3. The lowest BCUT2D eigenvalue weighted by atomic mass is 10.2. The lowest BCUT2D eigenvalue weighted by molar-refractivity contribution is 0.398. The molecular formula is C12H14N4O. The van der Waals surface area contributed by atoms with E-state index in [0.29, 0.717) is 5.88 Å². The number of hydrogen-bond acceptors (Lipinski definition) is 5. The van der Waals surface area contributed by atoms with E-state index in [0.717, 1.165) is 22.9 Å². The Labute approximate surface area is 99.9 Å². The normalized spacial score (nSPS) is 10.1. The Morgan fingerprint density at radius 2 is 2.06 bits per heavy atom. The predicted molar refractivity (Wildman–Crippen MR) is 66.1 cm³/mol. The van der Waals surface area contributed by atoms with Gasteiger partial charge in [-0.05, 0) is 13.0 Å². The number of anilines is 1. The molecule has 2 aromatic rings. The second-order valence-corrected chi connectivity index (χ2v) is 3.52. The number of hydrogen-bond donors (Lipinski definition) is 1. The molecule has 0 spiro atoms. The van der Waals surface area contributed by atoms with Gasteiger partial charge in [0.25, 0.3) is 0 Å². The van der Waals surface area contributed by atoms with E-state index in [1.807, 2.05) is 32.2 Å². The molecule has 1 N–H and O–H groups in total. The Morgan fingerprint density at radius 3 is 2.65 bits per heavy atom. The van der Waals surface area contributed by atoms with Gasteiger partial charge in [-0.2, -0.15) is 0 Å². The first-order chi connectivity index (χ1) is 8.22. The monoisotopic (exact) mass is 230 g/mol. The molecule has 0 radical (unpaired) electrons. The standard InChI is InChI=1S/C12H14N4O/c1-8-15-10(6-11(13-2)16-8)9-4-5-12(17-3)14-7-9/h4-7H,1-3H3,(H,13,15,16). The molecule has 0 unspecified atom stereocenters. The Hall–Kier alpha value is -2.17. The van der Waals surface area contributed by atoms with Crippen molar-refractivity contribution in [3.05, 3.63) is 30.2 Å². The van der Waals surface area contributed by atoms with Crippen molar-refractivity contribution in [3.63, 3.8) is 0 Å². The van der Waals surface area contributed by atoms with Crippen LogP contribution in [0.25, 0.3) is 11.3 Å². The summed E-state index contributed by atoms with van der Waals surface area (Å²) in [7, 11) is 3.42. The van der Waals surface area contributed by atoms with Crippen molar-refractivity contribution in [2.75, 3.05) is 19.5 Å². The number of aryl methyl sites for hydroxylation is 1. The third kappa shape index (κ3) is 2.50. The topological polar surface area (TPSA) is 59.9 Å². The number of nitrogens with one attached hydrogen (secondary N) is 1. The van der Waals surface area contributed by atoms with Gasteiger partial charge in [0.05, 0.1) is 12.8 Å². The molecule has 0 aromatic carbocycles. The highest BCUT2D eigenvalue weighted by Gasteiger charge is 2.04. The molecule has 0 saturated heterocycles. The van der Waals surface area contributed by atoms with Crippen LogP contribution in [0.15, 0.2) is 24.4 Å². The zero-order valence-electron chi connectivity index (χ0n) is 10.1. The summed E-state index contributed by atoms with van der Waals surface area (Å²) in [5.41, 5.74) is 1.78. The van der Waals surface area contributed by atoms with Crippen LogP contribution in [0.5, 0.6) is 5.88 Å². The van der Waals surface area contributed by atoms with Crippen molar-refractivity contribution in [1.82, 2.24) is 15.0 Å². The first kappa shape index (κ1) is 11.3. The summed E-state index contributed by atoms with van der Waals surface area (Å²) < 4.78 is 5.02. The maximum Gasteiger partial charge on any atom is 0.212 e. The number of methoxy groups -OCH3 is 1. The Kier molecular flexibility index (Phi) is 3.18. The third-order valence-electron chi connectivity index (χ3n) is 2.34. The van der Waals surface area contributed by atoms with Crippen molar-refractivity contribution in [2.24, 2.45) is 0 Å². The average molecular weight is 230 g/mol. The number of aromatic nitrogens is 3. The molecule has 2 rings (SSSR count). The van der Waals surface area contributed by atoms with Crippen LogP contribution in [0.1, 0.15) is 5.82 Å². The highest BCUT2D eigenvalue weighted by Crippen LogP contribution is 2.20. The molecule has 2 heterocycles. The molecule has 0 amide bonds. The highest BCUT2D eigenvalue weighted by atomic mass is 16.5. The molecule has 0 fully saturated rings. The zero-order valence-corrected chi connectivity index (χ0v) is 10.1. The fourth-order valence-corrected chi connectivity index (χ4v) is 1.50. The molecule has 0 bridgehead atoms. The summed E-state index contributed by atoms with van der Waals surface area (Å²) in [6, 6.07) is 5.62. The van der Waals surface area contributed by atoms with Gasteiger partial charge in [-0.1, -0.05) is 0 Å². The van der Waals surface area contributed by atoms with Crippen LogP contribution in [0.2, 0.25) is 0 Å². The smallest absolute Gasteiger partial charge is 0.212 e. The van der Waals surface area contributed by atoms with E-state index < -0.39 is 0 Å². The summed E-state index contributed by atoms with van der Waals surface area (Å²) in [4.78, 5) is 12.8. The van der Waals surface area contributed by atoms with Gasteiger partial charge in [-0.15, -0.1) is 0 Å². The second kappa shape index (κ2) is 4.78. The lowest BCUT2D eigenvalue weighted by Gasteiger charge is -2.06. The van der Waals surface area contributed by atoms with E-state index in [2.05, 4.69) is 20.3 Å². The van der Waals surface area contributed by atoms with Gasteiger partial charge >= 0.3 is 0 Å². The lowest BCUT2D eigenvalue weighted by Crippen LogP contribution is -1.98. The van der Waals surface area contributed by atoms with Crippen molar-refractivity contribution in [2.45, 2.75) is 6.92 Å². The highest BCUT2D eigenvalue weighted by molar-refractivity contribution is 5.61. The maximum atomic E-state index is 5.02. The molecular weight excluding hydrogens is 216 g/mol. The summed E-state index contributed by atoms with van der Waals surface area (Å²) in [6.45, 7) is 1.86. The molecule has 0 saturated carbocycles. The van der Waals surface area contributed by atoms with Crippen LogP contribution < -0.4 is 10.1 Å². The first-order valence-corrected chi connectivity index (χ1v) is 5.27. The molecule has 0 aliphatic rings. The van der Waals surface area contributed by atoms with E-state index in [9.17, 15) is 0 Å². The summed E-state index contributed by atoms with van der Waals surface area (Å²) in [6.07, 6.45) is 1.74. The van der Waals surface area contributed by atoms with Gasteiger partial charge in [0.15, 0.2) is 0 Å². The van der Waals surface area contributed by atoms with Crippen molar-refractivity contribution in [1.29, 1.82) is 0 Å². The molecule has 5 heteroatoms. The van der Waals surface area contributed by atoms with Gasteiger partial charge in [0, 0.05) is 30.9 Å². The minimum atomic E-state index is 0.591. The van der Waals surface area contributed by atoms with E-state index in [1.165, 1.54) is 0 Å². The largest absolute Gasteiger partial charge is 0.481 e. The number of ether oxygens (including phenoxy) is 1. The van der Waals surface area contributed by atoms with Crippen LogP contribution in [0, 0.1) is 6.92 Å². The van der Waals surface area contributed by atoms with Gasteiger partial charge in [-0.3, -0.25) is 0 Å². The predicted octanol–water partition coefficient (Wildman–Crippen LogP) is 1.90. The van der Waals surface area contributed by atoms with Gasteiger partial charge in [-0.25, -0.2) is 15.0 Å². The van der Waals surface area contributed by atoms with E-state index in [4.69, 9.17) is 4.74 Å². The Balaban J connectivity index is 2.41. The van der Waals surface area contributed by atoms with Crippen LogP contribution in [-0.2, 0) is 0 Å². The van der Waals surface area contributed by atoms with Gasteiger partial charge < -0.3 is 10.1 Å². The number of rotatable bonds is 3. The first-order valence-electron chi connectivity index (χ1n) is 5.27. The van der Waals surface area contributed by atoms with Crippen LogP contribution in [0.3, 0.4) is 0 Å². The fraction of sp³-hybridized carbons (Fsp3) is 0.250. The van der Waals surface area contributed by atoms with Crippen molar-refractivity contribution in [3.8, 4) is 17.1 Å². The Bertz CT molecular complexity index is 510. The number of pyridine rings is 1. The SMILES string of the molecule is CNc1cc(-c2ccc(OC)nc2)nc(C)n1. The minimum Gasteiger partial charge on any atom is -0.481 e. The van der Waals surface area contributed by atoms with Crippen molar-refractivity contribution >= 4 is 5.82 Å². The number of nitrogens with zero attached hydrogens (tertiary/aromatic N) is 3. The molecule has 5 nitrogen and oxygen atoms in total. The average Bonchev–Trinajstić information content (AvgIpc) is 2.38. The Morgan fingerprint density at radius 1 is 1.24 bits per heavy atom. The second-order valence-electron chi connectivity index (χ2n) is 3.52. The molecule has 88 valence electrons. The quantitative estimate of drug-likeness (QED) is 0.872. The third-order valence-corrected chi connectivity index (χ3v) is 2.34. The van der Waals surface area contributed by atoms with Gasteiger partial charge in [0.2, 0.25) is 5.88 Å². The van der Waals surface area contributed by atoms with E-state index in [-0.39, 0.29) is 0 Å².